The molecule has 0 fully saturated rings. The Balaban J connectivity index is 2.31. The third-order valence-electron chi connectivity index (χ3n) is 1.79. The van der Waals surface area contributed by atoms with Gasteiger partial charge < -0.3 is 15.6 Å². The van der Waals surface area contributed by atoms with Gasteiger partial charge in [-0.15, -0.1) is 0 Å². The maximum atomic E-state index is 12.7. The van der Waals surface area contributed by atoms with E-state index in [-0.39, 0.29) is 12.4 Å². The molecule has 0 aromatic heterocycles. The number of hydrogen-bond acceptors (Lipinski definition) is 3. The Kier molecular flexibility index (Phi) is 4.35. The van der Waals surface area contributed by atoms with Crippen LogP contribution in [0.3, 0.4) is 0 Å². The molecular formula is C10H14FNO2. The first kappa shape index (κ1) is 10.9. The summed E-state index contributed by atoms with van der Waals surface area (Å²) in [5, 5.41) is 9.11. The second kappa shape index (κ2) is 5.57. The Hall–Kier alpha value is -1.13. The van der Waals surface area contributed by atoms with Crippen LogP contribution < -0.4 is 10.5 Å². The number of rotatable bonds is 5. The average Bonchev–Trinajstić information content (AvgIpc) is 2.17. The van der Waals surface area contributed by atoms with Gasteiger partial charge in [0.15, 0.2) is 0 Å². The van der Waals surface area contributed by atoms with Crippen LogP contribution in [0.15, 0.2) is 24.3 Å². The standard InChI is InChI=1S/C10H14FNO2/c11-8-2-1-3-10(6-8)14-5-4-9(13)7-12/h1-3,6,9,13H,4-5,7,12H2. The summed E-state index contributed by atoms with van der Waals surface area (Å²) in [6.07, 6.45) is -0.101. The third kappa shape index (κ3) is 3.72. The van der Waals surface area contributed by atoms with Crippen molar-refractivity contribution in [1.29, 1.82) is 0 Å². The lowest BCUT2D eigenvalue weighted by Crippen LogP contribution is -2.21. The molecule has 1 atom stereocenters. The molecule has 0 aliphatic heterocycles. The van der Waals surface area contributed by atoms with Crippen LogP contribution in [-0.4, -0.2) is 24.4 Å². The second-order valence-electron chi connectivity index (χ2n) is 2.98. The van der Waals surface area contributed by atoms with E-state index in [1.807, 2.05) is 0 Å². The number of ether oxygens (including phenoxy) is 1. The third-order valence-corrected chi connectivity index (χ3v) is 1.79. The van der Waals surface area contributed by atoms with Crippen molar-refractivity contribution in [3.8, 4) is 5.75 Å². The fourth-order valence-electron chi connectivity index (χ4n) is 0.987. The van der Waals surface area contributed by atoms with E-state index >= 15 is 0 Å². The van der Waals surface area contributed by atoms with E-state index in [0.717, 1.165) is 0 Å². The Morgan fingerprint density at radius 1 is 1.50 bits per heavy atom. The molecule has 1 unspecified atom stereocenters. The second-order valence-corrected chi connectivity index (χ2v) is 2.98. The molecule has 3 N–H and O–H groups in total. The first-order valence-electron chi connectivity index (χ1n) is 4.49. The Morgan fingerprint density at radius 2 is 2.29 bits per heavy atom. The van der Waals surface area contributed by atoms with Gasteiger partial charge in [0.1, 0.15) is 11.6 Å². The molecule has 0 amide bonds. The first-order chi connectivity index (χ1) is 6.72. The lowest BCUT2D eigenvalue weighted by molar-refractivity contribution is 0.146. The molecule has 0 saturated carbocycles. The number of benzene rings is 1. The van der Waals surface area contributed by atoms with Crippen molar-refractivity contribution >= 4 is 0 Å². The molecule has 0 spiro atoms. The molecule has 0 radical (unpaired) electrons. The predicted octanol–water partition coefficient (Wildman–Crippen LogP) is 0.914. The summed E-state index contributed by atoms with van der Waals surface area (Å²) < 4.78 is 17.9. The van der Waals surface area contributed by atoms with Gasteiger partial charge in [-0.1, -0.05) is 6.07 Å². The Bertz CT molecular complexity index is 281. The van der Waals surface area contributed by atoms with Gasteiger partial charge in [-0.25, -0.2) is 4.39 Å². The molecule has 1 aromatic carbocycles. The van der Waals surface area contributed by atoms with Crippen molar-refractivity contribution in [3.05, 3.63) is 30.1 Å². The van der Waals surface area contributed by atoms with Gasteiger partial charge in [-0.05, 0) is 12.1 Å². The van der Waals surface area contributed by atoms with Crippen LogP contribution in [0.4, 0.5) is 4.39 Å². The van der Waals surface area contributed by atoms with Crippen molar-refractivity contribution in [3.63, 3.8) is 0 Å². The van der Waals surface area contributed by atoms with Crippen LogP contribution in [0.5, 0.6) is 5.75 Å². The van der Waals surface area contributed by atoms with Crippen molar-refractivity contribution in [2.45, 2.75) is 12.5 Å². The van der Waals surface area contributed by atoms with Crippen LogP contribution >= 0.6 is 0 Å². The normalized spacial score (nSPS) is 12.5. The van der Waals surface area contributed by atoms with E-state index in [9.17, 15) is 4.39 Å². The summed E-state index contributed by atoms with van der Waals surface area (Å²) in [6, 6.07) is 5.89. The number of hydrogen-bond donors (Lipinski definition) is 2. The lowest BCUT2D eigenvalue weighted by atomic mass is 10.3. The Morgan fingerprint density at radius 3 is 2.93 bits per heavy atom. The minimum Gasteiger partial charge on any atom is -0.493 e. The van der Waals surface area contributed by atoms with E-state index in [1.165, 1.54) is 12.1 Å². The molecular weight excluding hydrogens is 185 g/mol. The molecule has 4 heteroatoms. The molecule has 3 nitrogen and oxygen atoms in total. The molecule has 78 valence electrons. The molecule has 0 bridgehead atoms. The van der Waals surface area contributed by atoms with E-state index in [4.69, 9.17) is 15.6 Å². The van der Waals surface area contributed by atoms with Crippen molar-refractivity contribution < 1.29 is 14.2 Å². The van der Waals surface area contributed by atoms with Gasteiger partial charge in [-0.2, -0.15) is 0 Å². The van der Waals surface area contributed by atoms with Gasteiger partial charge in [0.2, 0.25) is 0 Å². The summed E-state index contributed by atoms with van der Waals surface area (Å²) in [7, 11) is 0. The van der Waals surface area contributed by atoms with Gasteiger partial charge in [0.25, 0.3) is 0 Å². The highest BCUT2D eigenvalue weighted by molar-refractivity contribution is 5.22. The molecule has 14 heavy (non-hydrogen) atoms. The van der Waals surface area contributed by atoms with Crippen LogP contribution in [0.2, 0.25) is 0 Å². The molecule has 0 saturated heterocycles. The fraction of sp³-hybridized carbons (Fsp3) is 0.400. The van der Waals surface area contributed by atoms with Crippen LogP contribution in [0.25, 0.3) is 0 Å². The zero-order chi connectivity index (χ0) is 10.4. The summed E-state index contributed by atoms with van der Waals surface area (Å²) >= 11 is 0. The van der Waals surface area contributed by atoms with Gasteiger partial charge in [0, 0.05) is 19.0 Å². The number of halogens is 1. The number of aliphatic hydroxyl groups is 1. The summed E-state index contributed by atoms with van der Waals surface area (Å²) in [6.45, 7) is 0.550. The lowest BCUT2D eigenvalue weighted by Gasteiger charge is -2.09. The Labute approximate surface area is 82.3 Å². The summed E-state index contributed by atoms with van der Waals surface area (Å²) in [4.78, 5) is 0. The highest BCUT2D eigenvalue weighted by atomic mass is 19.1. The van der Waals surface area contributed by atoms with E-state index in [0.29, 0.717) is 18.8 Å². The monoisotopic (exact) mass is 199 g/mol. The van der Waals surface area contributed by atoms with Gasteiger partial charge in [0.05, 0.1) is 12.7 Å². The predicted molar refractivity (Wildman–Crippen MR) is 51.6 cm³/mol. The minimum atomic E-state index is -0.552. The average molecular weight is 199 g/mol. The number of nitrogens with two attached hydrogens (primary N) is 1. The molecule has 1 rings (SSSR count). The topological polar surface area (TPSA) is 55.5 Å². The molecule has 0 aliphatic carbocycles. The zero-order valence-corrected chi connectivity index (χ0v) is 7.82. The number of aliphatic hydroxyl groups excluding tert-OH is 1. The molecule has 0 aliphatic rings. The molecule has 0 heterocycles. The maximum Gasteiger partial charge on any atom is 0.126 e. The summed E-state index contributed by atoms with van der Waals surface area (Å²) in [5.41, 5.74) is 5.21. The molecule has 1 aromatic rings. The SMILES string of the molecule is NCC(O)CCOc1cccc(F)c1. The highest BCUT2D eigenvalue weighted by Gasteiger charge is 2.01. The summed E-state index contributed by atoms with van der Waals surface area (Å²) in [5.74, 6) is 0.135. The van der Waals surface area contributed by atoms with Gasteiger partial charge in [-0.3, -0.25) is 0 Å². The quantitative estimate of drug-likeness (QED) is 0.741. The highest BCUT2D eigenvalue weighted by Crippen LogP contribution is 2.12. The van der Waals surface area contributed by atoms with Crippen molar-refractivity contribution in [1.82, 2.24) is 0 Å². The van der Waals surface area contributed by atoms with E-state index in [2.05, 4.69) is 0 Å². The minimum absolute atomic E-state index is 0.215. The van der Waals surface area contributed by atoms with Gasteiger partial charge >= 0.3 is 0 Å². The van der Waals surface area contributed by atoms with Crippen LogP contribution in [-0.2, 0) is 0 Å². The maximum absolute atomic E-state index is 12.7. The smallest absolute Gasteiger partial charge is 0.126 e. The largest absolute Gasteiger partial charge is 0.493 e. The van der Waals surface area contributed by atoms with Crippen LogP contribution in [0.1, 0.15) is 6.42 Å². The van der Waals surface area contributed by atoms with Crippen molar-refractivity contribution in [2.75, 3.05) is 13.2 Å². The van der Waals surface area contributed by atoms with E-state index < -0.39 is 6.10 Å². The zero-order valence-electron chi connectivity index (χ0n) is 7.82. The van der Waals surface area contributed by atoms with Crippen LogP contribution in [0, 0.1) is 5.82 Å². The van der Waals surface area contributed by atoms with E-state index in [1.54, 1.807) is 12.1 Å². The fourth-order valence-corrected chi connectivity index (χ4v) is 0.987. The first-order valence-corrected chi connectivity index (χ1v) is 4.49. The van der Waals surface area contributed by atoms with Crippen molar-refractivity contribution in [2.24, 2.45) is 5.73 Å².